The number of hydrogen-bond acceptors (Lipinski definition) is 3. The maximum Gasteiger partial charge on any atom is 0.224 e. The fraction of sp³-hybridized carbons (Fsp3) is 0.350. The molecule has 24 heavy (non-hydrogen) atoms. The Morgan fingerprint density at radius 2 is 1.71 bits per heavy atom. The van der Waals surface area contributed by atoms with E-state index in [1.165, 1.54) is 17.7 Å². The summed E-state index contributed by atoms with van der Waals surface area (Å²) in [6.07, 6.45) is 5.22. The average molecular weight is 340 g/mol. The van der Waals surface area contributed by atoms with Crippen LogP contribution in [0.1, 0.15) is 31.2 Å². The first kappa shape index (κ1) is 16.9. The third kappa shape index (κ3) is 4.54. The Morgan fingerprint density at radius 1 is 1.04 bits per heavy atom. The minimum absolute atomic E-state index is 0.0831. The number of nitrogens with two attached hydrogens (primary N) is 1. The van der Waals surface area contributed by atoms with Gasteiger partial charge < -0.3 is 11.1 Å². The van der Waals surface area contributed by atoms with Crippen LogP contribution >= 0.6 is 11.8 Å². The van der Waals surface area contributed by atoms with Gasteiger partial charge in [-0.25, -0.2) is 0 Å². The summed E-state index contributed by atoms with van der Waals surface area (Å²) in [5.74, 6) is 0.0831. The first-order valence-electron chi connectivity index (χ1n) is 8.50. The third-order valence-corrected chi connectivity index (χ3v) is 6.04. The van der Waals surface area contributed by atoms with Gasteiger partial charge in [-0.15, -0.1) is 11.8 Å². The summed E-state index contributed by atoms with van der Waals surface area (Å²) < 4.78 is 0.137. The summed E-state index contributed by atoms with van der Waals surface area (Å²) in [7, 11) is 0. The molecule has 1 aliphatic rings. The molecular formula is C20H24N2OS. The van der Waals surface area contributed by atoms with Crippen LogP contribution in [0.15, 0.2) is 59.5 Å². The Kier molecular flexibility index (Phi) is 5.46. The van der Waals surface area contributed by atoms with Crippen molar-refractivity contribution < 1.29 is 4.79 Å². The van der Waals surface area contributed by atoms with Gasteiger partial charge in [0.1, 0.15) is 0 Å². The molecule has 1 saturated carbocycles. The summed E-state index contributed by atoms with van der Waals surface area (Å²) in [5, 5.41) is 3.16. The molecule has 0 radical (unpaired) electrons. The zero-order valence-corrected chi connectivity index (χ0v) is 14.6. The molecule has 2 aromatic rings. The van der Waals surface area contributed by atoms with Crippen LogP contribution in [-0.2, 0) is 11.2 Å². The van der Waals surface area contributed by atoms with E-state index < -0.39 is 0 Å². The van der Waals surface area contributed by atoms with Crippen molar-refractivity contribution in [3.8, 4) is 0 Å². The van der Waals surface area contributed by atoms with Crippen LogP contribution in [0, 0.1) is 0 Å². The lowest BCUT2D eigenvalue weighted by Crippen LogP contribution is -2.39. The molecule has 3 nitrogen and oxygen atoms in total. The number of carbonyl (C=O) groups excluding carboxylic acids is 1. The second-order valence-corrected chi connectivity index (χ2v) is 8.04. The fourth-order valence-electron chi connectivity index (χ4n) is 3.22. The summed E-state index contributed by atoms with van der Waals surface area (Å²) in [6, 6.07) is 18.0. The van der Waals surface area contributed by atoms with Crippen LogP contribution in [0.3, 0.4) is 0 Å². The monoisotopic (exact) mass is 340 g/mol. The van der Waals surface area contributed by atoms with Crippen molar-refractivity contribution in [3.63, 3.8) is 0 Å². The summed E-state index contributed by atoms with van der Waals surface area (Å²) in [4.78, 5) is 13.6. The summed E-state index contributed by atoms with van der Waals surface area (Å²) in [6.45, 7) is 0.736. The van der Waals surface area contributed by atoms with Crippen LogP contribution in [0.4, 0.5) is 5.69 Å². The molecule has 0 unspecified atom stereocenters. The first-order chi connectivity index (χ1) is 11.7. The van der Waals surface area contributed by atoms with Crippen LogP contribution in [0.25, 0.3) is 0 Å². The second-order valence-electron chi connectivity index (χ2n) is 6.50. The SMILES string of the molecule is Nc1ccc(CC(=O)NCC2(Sc3ccccc3)CCCC2)cc1. The third-order valence-electron chi connectivity index (χ3n) is 4.54. The van der Waals surface area contributed by atoms with Crippen LogP contribution < -0.4 is 11.1 Å². The van der Waals surface area contributed by atoms with E-state index in [1.54, 1.807) is 0 Å². The highest BCUT2D eigenvalue weighted by Crippen LogP contribution is 2.44. The molecule has 1 amide bonds. The van der Waals surface area contributed by atoms with E-state index in [9.17, 15) is 4.79 Å². The standard InChI is InChI=1S/C20H24N2OS/c21-17-10-8-16(9-11-17)14-19(23)22-15-20(12-4-5-13-20)24-18-6-2-1-3-7-18/h1-3,6-11H,4-5,12-15,21H2,(H,22,23). The Morgan fingerprint density at radius 3 is 2.38 bits per heavy atom. The molecular weight excluding hydrogens is 316 g/mol. The summed E-state index contributed by atoms with van der Waals surface area (Å²) in [5.41, 5.74) is 7.41. The van der Waals surface area contributed by atoms with E-state index in [0.717, 1.165) is 30.6 Å². The van der Waals surface area contributed by atoms with Gasteiger partial charge in [0.25, 0.3) is 0 Å². The summed E-state index contributed by atoms with van der Waals surface area (Å²) >= 11 is 1.92. The van der Waals surface area contributed by atoms with Gasteiger partial charge in [-0.2, -0.15) is 0 Å². The number of nitrogen functional groups attached to an aromatic ring is 1. The lowest BCUT2D eigenvalue weighted by atomic mass is 10.1. The highest BCUT2D eigenvalue weighted by Gasteiger charge is 2.35. The van der Waals surface area contributed by atoms with E-state index in [0.29, 0.717) is 6.42 Å². The molecule has 0 atom stereocenters. The molecule has 1 aliphatic carbocycles. The fourth-order valence-corrected chi connectivity index (χ4v) is 4.65. The highest BCUT2D eigenvalue weighted by atomic mass is 32.2. The van der Waals surface area contributed by atoms with E-state index in [-0.39, 0.29) is 10.7 Å². The maximum atomic E-state index is 12.3. The Labute approximate surface area is 148 Å². The second kappa shape index (κ2) is 7.75. The molecule has 3 N–H and O–H groups in total. The predicted octanol–water partition coefficient (Wildman–Crippen LogP) is 4.03. The van der Waals surface area contributed by atoms with Gasteiger partial charge in [-0.1, -0.05) is 43.2 Å². The molecule has 0 aromatic heterocycles. The zero-order chi connectivity index (χ0) is 16.8. The largest absolute Gasteiger partial charge is 0.399 e. The van der Waals surface area contributed by atoms with E-state index >= 15 is 0 Å². The molecule has 0 spiro atoms. The normalized spacial score (nSPS) is 16.0. The average Bonchev–Trinajstić information content (AvgIpc) is 3.05. The predicted molar refractivity (Wildman–Crippen MR) is 101 cm³/mol. The molecule has 0 heterocycles. The molecule has 0 aliphatic heterocycles. The van der Waals surface area contributed by atoms with Crippen molar-refractivity contribution in [2.24, 2.45) is 0 Å². The molecule has 126 valence electrons. The van der Waals surface area contributed by atoms with E-state index in [1.807, 2.05) is 42.1 Å². The molecule has 2 aromatic carbocycles. The van der Waals surface area contributed by atoms with Crippen LogP contribution in [-0.4, -0.2) is 17.2 Å². The minimum atomic E-state index is 0.0831. The number of hydrogen-bond donors (Lipinski definition) is 2. The van der Waals surface area contributed by atoms with Crippen molar-refractivity contribution in [1.82, 2.24) is 5.32 Å². The van der Waals surface area contributed by atoms with Gasteiger partial charge in [0.05, 0.1) is 6.42 Å². The number of carbonyl (C=O) groups is 1. The zero-order valence-electron chi connectivity index (χ0n) is 13.8. The van der Waals surface area contributed by atoms with Gasteiger partial charge in [0, 0.05) is 21.9 Å². The molecule has 4 heteroatoms. The van der Waals surface area contributed by atoms with Crippen molar-refractivity contribution in [2.45, 2.75) is 41.7 Å². The Hall–Kier alpha value is -1.94. The number of benzene rings is 2. The van der Waals surface area contributed by atoms with Gasteiger partial charge in [0.2, 0.25) is 5.91 Å². The smallest absolute Gasteiger partial charge is 0.224 e. The molecule has 1 fully saturated rings. The highest BCUT2D eigenvalue weighted by molar-refractivity contribution is 8.00. The number of nitrogens with one attached hydrogen (secondary N) is 1. The molecule has 3 rings (SSSR count). The van der Waals surface area contributed by atoms with Gasteiger partial charge in [-0.05, 0) is 42.7 Å². The number of amides is 1. The van der Waals surface area contributed by atoms with Gasteiger partial charge in [-0.3, -0.25) is 4.79 Å². The quantitative estimate of drug-likeness (QED) is 0.781. The Bertz CT molecular complexity index is 664. The number of anilines is 1. The van der Waals surface area contributed by atoms with Crippen molar-refractivity contribution in [3.05, 3.63) is 60.2 Å². The van der Waals surface area contributed by atoms with E-state index in [2.05, 4.69) is 29.6 Å². The molecule has 0 saturated heterocycles. The maximum absolute atomic E-state index is 12.3. The lowest BCUT2D eigenvalue weighted by molar-refractivity contribution is -0.120. The Balaban J connectivity index is 1.57. The van der Waals surface area contributed by atoms with E-state index in [4.69, 9.17) is 5.73 Å². The van der Waals surface area contributed by atoms with Crippen molar-refractivity contribution >= 4 is 23.4 Å². The van der Waals surface area contributed by atoms with Crippen molar-refractivity contribution in [1.29, 1.82) is 0 Å². The first-order valence-corrected chi connectivity index (χ1v) is 9.32. The number of rotatable bonds is 6. The minimum Gasteiger partial charge on any atom is -0.399 e. The van der Waals surface area contributed by atoms with Gasteiger partial charge >= 0.3 is 0 Å². The van der Waals surface area contributed by atoms with Gasteiger partial charge in [0.15, 0.2) is 0 Å². The van der Waals surface area contributed by atoms with Crippen LogP contribution in [0.5, 0.6) is 0 Å². The topological polar surface area (TPSA) is 55.1 Å². The molecule has 0 bridgehead atoms. The van der Waals surface area contributed by atoms with Crippen molar-refractivity contribution in [2.75, 3.05) is 12.3 Å². The lowest BCUT2D eigenvalue weighted by Gasteiger charge is -2.28. The van der Waals surface area contributed by atoms with Crippen LogP contribution in [0.2, 0.25) is 0 Å². The number of thioether (sulfide) groups is 1.